The monoisotopic (exact) mass is 260 g/mol. The molecule has 1 aromatic carbocycles. The Hall–Kier alpha value is -1.69. The molecule has 3 nitrogen and oxygen atoms in total. The quantitative estimate of drug-likeness (QED) is 0.712. The fraction of sp³-hybridized carbons (Fsp3) is 0.562. The molecule has 3 heteroatoms. The van der Waals surface area contributed by atoms with E-state index in [0.29, 0.717) is 6.61 Å². The van der Waals surface area contributed by atoms with E-state index in [1.165, 1.54) is 0 Å². The lowest BCUT2D eigenvalue weighted by atomic mass is 9.89. The highest BCUT2D eigenvalue weighted by molar-refractivity contribution is 5.56. The predicted molar refractivity (Wildman–Crippen MR) is 79.3 cm³/mol. The summed E-state index contributed by atoms with van der Waals surface area (Å²) < 4.78 is 5.56. The van der Waals surface area contributed by atoms with Gasteiger partial charge in [0.25, 0.3) is 0 Å². The molecule has 0 saturated carbocycles. The first-order valence-electron chi connectivity index (χ1n) is 6.96. The normalized spacial score (nSPS) is 10.8. The minimum atomic E-state index is -0.205. The number of ether oxygens (including phenoxy) is 1. The second-order valence-corrected chi connectivity index (χ2v) is 5.31. The van der Waals surface area contributed by atoms with Gasteiger partial charge in [-0.2, -0.15) is 5.26 Å². The molecule has 0 bridgehead atoms. The Balaban J connectivity index is 2.32. The van der Waals surface area contributed by atoms with Gasteiger partial charge in [-0.25, -0.2) is 0 Å². The largest absolute Gasteiger partial charge is 0.492 e. The highest BCUT2D eigenvalue weighted by Gasteiger charge is 2.15. The van der Waals surface area contributed by atoms with E-state index in [0.717, 1.165) is 37.2 Å². The predicted octanol–water partition coefficient (Wildman–Crippen LogP) is 4.22. The van der Waals surface area contributed by atoms with Crippen molar-refractivity contribution in [3.8, 4) is 11.8 Å². The SMILES string of the molecule is CCOc1ccccc1NCCCCC(C)(C)C#N. The Morgan fingerprint density at radius 3 is 2.68 bits per heavy atom. The van der Waals surface area contributed by atoms with Crippen molar-refractivity contribution in [3.63, 3.8) is 0 Å². The highest BCUT2D eigenvalue weighted by atomic mass is 16.5. The first kappa shape index (κ1) is 15.4. The van der Waals surface area contributed by atoms with Crippen LogP contribution in [-0.4, -0.2) is 13.2 Å². The van der Waals surface area contributed by atoms with Crippen molar-refractivity contribution in [2.45, 2.75) is 40.0 Å². The third kappa shape index (κ3) is 5.65. The highest BCUT2D eigenvalue weighted by Crippen LogP contribution is 2.24. The maximum atomic E-state index is 8.94. The Morgan fingerprint density at radius 2 is 2.00 bits per heavy atom. The number of rotatable bonds is 8. The van der Waals surface area contributed by atoms with Crippen LogP contribution >= 0.6 is 0 Å². The van der Waals surface area contributed by atoms with Crippen LogP contribution in [0, 0.1) is 16.7 Å². The Labute approximate surface area is 116 Å². The van der Waals surface area contributed by atoms with Gasteiger partial charge in [-0.05, 0) is 45.7 Å². The van der Waals surface area contributed by atoms with Crippen LogP contribution < -0.4 is 10.1 Å². The van der Waals surface area contributed by atoms with Crippen LogP contribution in [0.2, 0.25) is 0 Å². The van der Waals surface area contributed by atoms with Gasteiger partial charge in [0.1, 0.15) is 5.75 Å². The van der Waals surface area contributed by atoms with Crippen LogP contribution in [0.15, 0.2) is 24.3 Å². The number of nitrogens with zero attached hydrogens (tertiary/aromatic N) is 1. The van der Waals surface area contributed by atoms with Gasteiger partial charge >= 0.3 is 0 Å². The summed E-state index contributed by atoms with van der Waals surface area (Å²) in [6, 6.07) is 10.3. The third-order valence-electron chi connectivity index (χ3n) is 3.03. The van der Waals surface area contributed by atoms with Gasteiger partial charge in [-0.3, -0.25) is 0 Å². The van der Waals surface area contributed by atoms with Gasteiger partial charge in [0.2, 0.25) is 0 Å². The molecule has 1 N–H and O–H groups in total. The van der Waals surface area contributed by atoms with E-state index in [-0.39, 0.29) is 5.41 Å². The van der Waals surface area contributed by atoms with Crippen LogP contribution in [0.1, 0.15) is 40.0 Å². The number of para-hydroxylation sites is 2. The maximum absolute atomic E-state index is 8.94. The molecule has 0 aliphatic heterocycles. The zero-order valence-corrected chi connectivity index (χ0v) is 12.2. The molecular weight excluding hydrogens is 236 g/mol. The molecule has 0 radical (unpaired) electrons. The molecular formula is C16H24N2O. The molecule has 0 heterocycles. The summed E-state index contributed by atoms with van der Waals surface area (Å²) in [5, 5.41) is 12.3. The lowest BCUT2D eigenvalue weighted by Gasteiger charge is -2.15. The second-order valence-electron chi connectivity index (χ2n) is 5.31. The van der Waals surface area contributed by atoms with E-state index in [1.807, 2.05) is 45.0 Å². The number of anilines is 1. The minimum absolute atomic E-state index is 0.205. The summed E-state index contributed by atoms with van der Waals surface area (Å²) >= 11 is 0. The van der Waals surface area contributed by atoms with E-state index < -0.39 is 0 Å². The zero-order valence-electron chi connectivity index (χ0n) is 12.2. The molecule has 0 spiro atoms. The fourth-order valence-electron chi connectivity index (χ4n) is 1.86. The summed E-state index contributed by atoms with van der Waals surface area (Å²) in [6.45, 7) is 7.55. The topological polar surface area (TPSA) is 45.0 Å². The van der Waals surface area contributed by atoms with E-state index in [1.54, 1.807) is 0 Å². The van der Waals surface area contributed by atoms with Crippen molar-refractivity contribution >= 4 is 5.69 Å². The number of unbranched alkanes of at least 4 members (excludes halogenated alkanes) is 1. The summed E-state index contributed by atoms with van der Waals surface area (Å²) in [6.07, 6.45) is 3.06. The van der Waals surface area contributed by atoms with Gasteiger partial charge in [0, 0.05) is 6.54 Å². The number of hydrogen-bond donors (Lipinski definition) is 1. The van der Waals surface area contributed by atoms with Gasteiger partial charge in [-0.15, -0.1) is 0 Å². The minimum Gasteiger partial charge on any atom is -0.492 e. The molecule has 0 saturated heterocycles. The number of nitrogens with one attached hydrogen (secondary N) is 1. The first-order chi connectivity index (χ1) is 9.09. The van der Waals surface area contributed by atoms with E-state index in [4.69, 9.17) is 10.00 Å². The third-order valence-corrected chi connectivity index (χ3v) is 3.03. The number of nitriles is 1. The van der Waals surface area contributed by atoms with Crippen molar-refractivity contribution in [2.75, 3.05) is 18.5 Å². The Kier molecular flexibility index (Phi) is 6.21. The van der Waals surface area contributed by atoms with E-state index in [9.17, 15) is 0 Å². The molecule has 0 aliphatic rings. The van der Waals surface area contributed by atoms with Crippen molar-refractivity contribution in [1.29, 1.82) is 5.26 Å². The Bertz CT molecular complexity index is 421. The molecule has 19 heavy (non-hydrogen) atoms. The van der Waals surface area contributed by atoms with Gasteiger partial charge in [0.15, 0.2) is 0 Å². The van der Waals surface area contributed by atoms with E-state index in [2.05, 4.69) is 11.4 Å². The van der Waals surface area contributed by atoms with Crippen LogP contribution in [0.4, 0.5) is 5.69 Å². The molecule has 0 fully saturated rings. The molecule has 0 amide bonds. The van der Waals surface area contributed by atoms with Crippen LogP contribution in [0.5, 0.6) is 5.75 Å². The average Bonchev–Trinajstić information content (AvgIpc) is 2.40. The smallest absolute Gasteiger partial charge is 0.142 e. The van der Waals surface area contributed by atoms with Crippen LogP contribution in [-0.2, 0) is 0 Å². The molecule has 1 rings (SSSR count). The number of benzene rings is 1. The molecule has 0 aromatic heterocycles. The number of hydrogen-bond acceptors (Lipinski definition) is 3. The van der Waals surface area contributed by atoms with Crippen LogP contribution in [0.25, 0.3) is 0 Å². The summed E-state index contributed by atoms with van der Waals surface area (Å²) in [5.41, 5.74) is 0.840. The van der Waals surface area contributed by atoms with Gasteiger partial charge in [-0.1, -0.05) is 18.6 Å². The van der Waals surface area contributed by atoms with Crippen molar-refractivity contribution < 1.29 is 4.74 Å². The molecule has 104 valence electrons. The zero-order chi connectivity index (χ0) is 14.1. The lowest BCUT2D eigenvalue weighted by molar-refractivity contribution is 0.341. The Morgan fingerprint density at radius 1 is 1.26 bits per heavy atom. The van der Waals surface area contributed by atoms with Crippen molar-refractivity contribution in [3.05, 3.63) is 24.3 Å². The standard InChI is InChI=1S/C16H24N2O/c1-4-19-15-10-6-5-9-14(15)18-12-8-7-11-16(2,3)13-17/h5-6,9-10,18H,4,7-8,11-12H2,1-3H3. The molecule has 0 atom stereocenters. The maximum Gasteiger partial charge on any atom is 0.142 e. The van der Waals surface area contributed by atoms with Crippen LogP contribution in [0.3, 0.4) is 0 Å². The fourth-order valence-corrected chi connectivity index (χ4v) is 1.86. The van der Waals surface area contributed by atoms with Crippen molar-refractivity contribution in [2.24, 2.45) is 5.41 Å². The van der Waals surface area contributed by atoms with Crippen molar-refractivity contribution in [1.82, 2.24) is 0 Å². The molecule has 0 unspecified atom stereocenters. The van der Waals surface area contributed by atoms with Gasteiger partial charge < -0.3 is 10.1 Å². The summed E-state index contributed by atoms with van der Waals surface area (Å²) in [4.78, 5) is 0. The average molecular weight is 260 g/mol. The summed E-state index contributed by atoms with van der Waals surface area (Å²) in [7, 11) is 0. The second kappa shape index (κ2) is 7.68. The van der Waals surface area contributed by atoms with Gasteiger partial charge in [0.05, 0.1) is 23.8 Å². The molecule has 1 aromatic rings. The first-order valence-corrected chi connectivity index (χ1v) is 6.96. The summed E-state index contributed by atoms with van der Waals surface area (Å²) in [5.74, 6) is 0.905. The lowest BCUT2D eigenvalue weighted by Crippen LogP contribution is -2.09. The van der Waals surface area contributed by atoms with E-state index >= 15 is 0 Å². The molecule has 0 aliphatic carbocycles.